The summed E-state index contributed by atoms with van der Waals surface area (Å²) in [6, 6.07) is -0.734. The highest BCUT2D eigenvalue weighted by atomic mass is 16.2. The van der Waals surface area contributed by atoms with Crippen molar-refractivity contribution in [3.05, 3.63) is 0 Å². The van der Waals surface area contributed by atoms with Crippen LogP contribution in [0.5, 0.6) is 0 Å². The highest BCUT2D eigenvalue weighted by Crippen LogP contribution is 2.33. The van der Waals surface area contributed by atoms with E-state index in [2.05, 4.69) is 5.32 Å². The highest BCUT2D eigenvalue weighted by molar-refractivity contribution is 5.93. The summed E-state index contributed by atoms with van der Waals surface area (Å²) >= 11 is 0. The zero-order valence-corrected chi connectivity index (χ0v) is 10.9. The summed E-state index contributed by atoms with van der Waals surface area (Å²) in [7, 11) is 0. The Morgan fingerprint density at radius 2 is 2.11 bits per heavy atom. The van der Waals surface area contributed by atoms with Crippen molar-refractivity contribution >= 4 is 17.7 Å². The second-order valence-electron chi connectivity index (χ2n) is 5.28. The van der Waals surface area contributed by atoms with Gasteiger partial charge in [-0.2, -0.15) is 0 Å². The number of likely N-dealkylation sites (tertiary alicyclic amines) is 1. The van der Waals surface area contributed by atoms with Gasteiger partial charge in [-0.15, -0.1) is 0 Å². The van der Waals surface area contributed by atoms with Gasteiger partial charge in [-0.25, -0.2) is 0 Å². The lowest BCUT2D eigenvalue weighted by molar-refractivity contribution is -0.140. The lowest BCUT2D eigenvalue weighted by Crippen LogP contribution is -2.52. The van der Waals surface area contributed by atoms with E-state index in [1.807, 2.05) is 0 Å². The summed E-state index contributed by atoms with van der Waals surface area (Å²) in [6.07, 6.45) is 2.70. The number of nitrogens with zero attached hydrogens (tertiary/aromatic N) is 1. The van der Waals surface area contributed by atoms with E-state index in [9.17, 15) is 14.4 Å². The van der Waals surface area contributed by atoms with E-state index < -0.39 is 23.4 Å². The molecule has 0 aromatic heterocycles. The zero-order chi connectivity index (χ0) is 14.0. The molecule has 0 bridgehead atoms. The van der Waals surface area contributed by atoms with Gasteiger partial charge in [0.25, 0.3) is 0 Å². The quantitative estimate of drug-likeness (QED) is 0.560. The first-order chi connectivity index (χ1) is 8.96. The van der Waals surface area contributed by atoms with Crippen LogP contribution >= 0.6 is 0 Å². The molecule has 0 saturated carbocycles. The monoisotopic (exact) mass is 268 g/mol. The summed E-state index contributed by atoms with van der Waals surface area (Å²) in [5.74, 6) is -1.14. The second kappa shape index (κ2) is 5.16. The lowest BCUT2D eigenvalue weighted by Gasteiger charge is -2.28. The molecule has 19 heavy (non-hydrogen) atoms. The summed E-state index contributed by atoms with van der Waals surface area (Å²) in [5.41, 5.74) is 9.92. The van der Waals surface area contributed by atoms with E-state index in [0.717, 1.165) is 19.4 Å². The zero-order valence-electron chi connectivity index (χ0n) is 10.9. The molecule has 5 N–H and O–H groups in total. The van der Waals surface area contributed by atoms with Crippen LogP contribution in [0.1, 0.15) is 32.1 Å². The maximum absolute atomic E-state index is 12.5. The van der Waals surface area contributed by atoms with Gasteiger partial charge in [-0.1, -0.05) is 0 Å². The molecule has 2 aliphatic heterocycles. The Morgan fingerprint density at radius 3 is 2.63 bits per heavy atom. The fourth-order valence-corrected chi connectivity index (χ4v) is 3.02. The molecule has 1 spiro atoms. The van der Waals surface area contributed by atoms with Gasteiger partial charge in [0.15, 0.2) is 0 Å². The van der Waals surface area contributed by atoms with Crippen molar-refractivity contribution in [2.75, 3.05) is 13.1 Å². The van der Waals surface area contributed by atoms with Crippen LogP contribution in [-0.4, -0.2) is 47.3 Å². The van der Waals surface area contributed by atoms with Crippen molar-refractivity contribution in [2.24, 2.45) is 11.5 Å². The number of nitrogens with two attached hydrogens (primary N) is 2. The van der Waals surface area contributed by atoms with Gasteiger partial charge in [0.05, 0.1) is 5.54 Å². The number of hydrogen-bond donors (Lipinski definition) is 3. The van der Waals surface area contributed by atoms with E-state index in [4.69, 9.17) is 11.5 Å². The summed E-state index contributed by atoms with van der Waals surface area (Å²) in [4.78, 5) is 36.3. The van der Waals surface area contributed by atoms with Crippen LogP contribution in [0.2, 0.25) is 0 Å². The van der Waals surface area contributed by atoms with Crippen molar-refractivity contribution in [2.45, 2.75) is 43.7 Å². The van der Waals surface area contributed by atoms with Gasteiger partial charge >= 0.3 is 0 Å². The molecular weight excluding hydrogens is 248 g/mol. The average Bonchev–Trinajstić information content (AvgIpc) is 2.92. The Bertz CT molecular complexity index is 404. The number of carbonyl (C=O) groups is 3. The Balaban J connectivity index is 2.08. The maximum atomic E-state index is 12.5. The van der Waals surface area contributed by atoms with E-state index in [1.54, 1.807) is 0 Å². The molecule has 106 valence electrons. The third kappa shape index (κ3) is 2.56. The number of primary amides is 2. The standard InChI is InChI=1S/C12H20N4O3/c13-9(17)3-2-8(10(14)18)16-7-5-12(11(16)19)4-1-6-15-12/h8,15H,1-7H2,(H2,13,17)(H2,14,18). The van der Waals surface area contributed by atoms with Crippen LogP contribution in [0, 0.1) is 0 Å². The Kier molecular flexibility index (Phi) is 3.75. The summed E-state index contributed by atoms with van der Waals surface area (Å²) < 4.78 is 0. The van der Waals surface area contributed by atoms with Gasteiger partial charge in [-0.3, -0.25) is 14.4 Å². The van der Waals surface area contributed by atoms with Gasteiger partial charge < -0.3 is 21.7 Å². The van der Waals surface area contributed by atoms with E-state index in [-0.39, 0.29) is 18.7 Å². The van der Waals surface area contributed by atoms with Crippen LogP contribution < -0.4 is 16.8 Å². The summed E-state index contributed by atoms with van der Waals surface area (Å²) in [5, 5.41) is 3.24. The van der Waals surface area contributed by atoms with Crippen LogP contribution in [-0.2, 0) is 14.4 Å². The van der Waals surface area contributed by atoms with E-state index >= 15 is 0 Å². The summed E-state index contributed by atoms with van der Waals surface area (Å²) in [6.45, 7) is 1.32. The fraction of sp³-hybridized carbons (Fsp3) is 0.750. The number of hydrogen-bond acceptors (Lipinski definition) is 4. The molecule has 2 unspecified atom stereocenters. The predicted octanol–water partition coefficient (Wildman–Crippen LogP) is -1.54. The number of carbonyl (C=O) groups excluding carboxylic acids is 3. The molecule has 2 saturated heterocycles. The van der Waals surface area contributed by atoms with Crippen molar-refractivity contribution in [3.63, 3.8) is 0 Å². The first-order valence-electron chi connectivity index (χ1n) is 6.60. The van der Waals surface area contributed by atoms with Crippen molar-refractivity contribution in [3.8, 4) is 0 Å². The number of amides is 3. The molecule has 2 heterocycles. The number of rotatable bonds is 5. The minimum absolute atomic E-state index is 0.0534. The van der Waals surface area contributed by atoms with Gasteiger partial charge in [0, 0.05) is 13.0 Å². The normalized spacial score (nSPS) is 28.0. The topological polar surface area (TPSA) is 119 Å². The third-order valence-electron chi connectivity index (χ3n) is 4.06. The Morgan fingerprint density at radius 1 is 1.37 bits per heavy atom. The van der Waals surface area contributed by atoms with Gasteiger partial charge in [0.1, 0.15) is 6.04 Å². The molecule has 0 radical (unpaired) electrons. The minimum Gasteiger partial charge on any atom is -0.370 e. The Labute approximate surface area is 111 Å². The SMILES string of the molecule is NC(=O)CCC(C(N)=O)N1CCC2(CCCN2)C1=O. The molecule has 7 nitrogen and oxygen atoms in total. The minimum atomic E-state index is -0.734. The third-order valence-corrected chi connectivity index (χ3v) is 4.06. The van der Waals surface area contributed by atoms with E-state index in [1.165, 1.54) is 4.90 Å². The Hall–Kier alpha value is -1.63. The van der Waals surface area contributed by atoms with Crippen molar-refractivity contribution in [1.29, 1.82) is 0 Å². The maximum Gasteiger partial charge on any atom is 0.243 e. The molecule has 2 rings (SSSR count). The molecule has 7 heteroatoms. The predicted molar refractivity (Wildman–Crippen MR) is 67.7 cm³/mol. The first kappa shape index (κ1) is 13.8. The first-order valence-corrected chi connectivity index (χ1v) is 6.60. The molecule has 0 aliphatic carbocycles. The highest BCUT2D eigenvalue weighted by Gasteiger charge is 2.50. The fourth-order valence-electron chi connectivity index (χ4n) is 3.02. The van der Waals surface area contributed by atoms with Gasteiger partial charge in [-0.05, 0) is 32.2 Å². The van der Waals surface area contributed by atoms with Gasteiger partial charge in [0.2, 0.25) is 17.7 Å². The molecule has 0 aromatic carbocycles. The number of nitrogens with one attached hydrogen (secondary N) is 1. The molecule has 0 aromatic rings. The molecule has 2 aliphatic rings. The average molecular weight is 268 g/mol. The van der Waals surface area contributed by atoms with Crippen molar-refractivity contribution in [1.82, 2.24) is 10.2 Å². The van der Waals surface area contributed by atoms with Crippen LogP contribution in [0.4, 0.5) is 0 Å². The smallest absolute Gasteiger partial charge is 0.243 e. The van der Waals surface area contributed by atoms with Crippen molar-refractivity contribution < 1.29 is 14.4 Å². The molecule has 2 fully saturated rings. The van der Waals surface area contributed by atoms with Crippen LogP contribution in [0.15, 0.2) is 0 Å². The second-order valence-corrected chi connectivity index (χ2v) is 5.28. The largest absolute Gasteiger partial charge is 0.370 e. The molecule has 3 amide bonds. The molecular formula is C12H20N4O3. The van der Waals surface area contributed by atoms with Crippen LogP contribution in [0.25, 0.3) is 0 Å². The van der Waals surface area contributed by atoms with Crippen LogP contribution in [0.3, 0.4) is 0 Å². The lowest BCUT2D eigenvalue weighted by atomic mass is 9.96. The molecule has 2 atom stereocenters. The van der Waals surface area contributed by atoms with E-state index in [0.29, 0.717) is 13.0 Å².